The van der Waals surface area contributed by atoms with Crippen molar-refractivity contribution < 1.29 is 28.9 Å². The molecule has 1 rings (SSSR count). The van der Waals surface area contributed by atoms with E-state index in [2.05, 4.69) is 0 Å². The third-order valence-electron chi connectivity index (χ3n) is 4.31. The van der Waals surface area contributed by atoms with Gasteiger partial charge < -0.3 is 24.4 Å². The molecule has 0 aromatic heterocycles. The summed E-state index contributed by atoms with van der Waals surface area (Å²) < 4.78 is 23.3. The van der Waals surface area contributed by atoms with E-state index in [0.717, 1.165) is 0 Å². The largest absolute Gasteiger partial charge is 0.390 e. The van der Waals surface area contributed by atoms with Gasteiger partial charge in [0.2, 0.25) is 0 Å². The lowest BCUT2D eigenvalue weighted by atomic mass is 9.95. The first-order valence-electron chi connectivity index (χ1n) is 7.76. The Balaban J connectivity index is 2.71. The maximum atomic E-state index is 12.4. The zero-order valence-corrected chi connectivity index (χ0v) is 14.3. The van der Waals surface area contributed by atoms with Crippen molar-refractivity contribution in [2.24, 2.45) is 0 Å². The van der Waals surface area contributed by atoms with Crippen LogP contribution in [-0.2, 0) is 13.8 Å². The molecule has 0 spiro atoms. The van der Waals surface area contributed by atoms with Crippen LogP contribution in [0.2, 0.25) is 0 Å². The van der Waals surface area contributed by atoms with Crippen LogP contribution in [0.1, 0.15) is 52.9 Å². The first-order chi connectivity index (χ1) is 9.69. The Kier molecular flexibility index (Phi) is 6.91. The van der Waals surface area contributed by atoms with Gasteiger partial charge in [0.25, 0.3) is 0 Å². The lowest BCUT2D eigenvalue weighted by Gasteiger charge is -2.33. The molecule has 1 saturated heterocycles. The predicted octanol–water partition coefficient (Wildman–Crippen LogP) is 0.975. The summed E-state index contributed by atoms with van der Waals surface area (Å²) in [5.41, 5.74) is 0. The van der Waals surface area contributed by atoms with E-state index in [0.29, 0.717) is 19.3 Å². The Labute approximate surface area is 127 Å². The highest BCUT2D eigenvalue weighted by molar-refractivity contribution is 7.54. The first kappa shape index (κ1) is 19.1. The third kappa shape index (κ3) is 4.53. The van der Waals surface area contributed by atoms with Gasteiger partial charge in [-0.3, -0.25) is 4.57 Å². The standard InChI is InChI=1S/C13H28BO6P/c1-4-9(7-11-10(15)8-12(14)19-11)20-21(17,18)13(16,5-2)6-3/h9-12,15-16H,4-8,14H2,1-3H3,(H,17,18). The van der Waals surface area contributed by atoms with E-state index in [1.165, 1.54) is 0 Å². The van der Waals surface area contributed by atoms with Crippen LogP contribution in [0.4, 0.5) is 0 Å². The molecule has 0 aromatic carbocycles. The van der Waals surface area contributed by atoms with Crippen LogP contribution in [0, 0.1) is 0 Å². The number of aliphatic hydroxyl groups is 2. The van der Waals surface area contributed by atoms with E-state index in [1.54, 1.807) is 13.8 Å². The highest BCUT2D eigenvalue weighted by Gasteiger charge is 2.46. The van der Waals surface area contributed by atoms with Gasteiger partial charge in [-0.15, -0.1) is 0 Å². The molecule has 3 N–H and O–H groups in total. The molecule has 5 atom stereocenters. The summed E-state index contributed by atoms with van der Waals surface area (Å²) in [6.07, 6.45) is 0.209. The molecule has 0 saturated carbocycles. The summed E-state index contributed by atoms with van der Waals surface area (Å²) in [7, 11) is -2.28. The summed E-state index contributed by atoms with van der Waals surface area (Å²) in [6.45, 7) is 5.15. The van der Waals surface area contributed by atoms with Crippen LogP contribution < -0.4 is 0 Å². The molecule has 0 aromatic rings. The number of aliphatic hydroxyl groups excluding tert-OH is 1. The zero-order chi connectivity index (χ0) is 16.3. The van der Waals surface area contributed by atoms with Crippen molar-refractivity contribution in [3.8, 4) is 0 Å². The molecule has 0 radical (unpaired) electrons. The molecular formula is C13H28BO6P. The van der Waals surface area contributed by atoms with Gasteiger partial charge in [-0.05, 0) is 25.7 Å². The fourth-order valence-corrected chi connectivity index (χ4v) is 4.28. The Hall–Kier alpha value is 0.0949. The lowest BCUT2D eigenvalue weighted by Crippen LogP contribution is -2.32. The first-order valence-corrected chi connectivity index (χ1v) is 9.34. The van der Waals surface area contributed by atoms with Crippen molar-refractivity contribution in [1.82, 2.24) is 0 Å². The Morgan fingerprint density at radius 2 is 2.00 bits per heavy atom. The molecule has 1 aliphatic rings. The van der Waals surface area contributed by atoms with E-state index in [9.17, 15) is 19.7 Å². The van der Waals surface area contributed by atoms with Gasteiger partial charge in [-0.2, -0.15) is 0 Å². The van der Waals surface area contributed by atoms with Crippen LogP contribution in [-0.4, -0.2) is 52.6 Å². The average molecular weight is 322 g/mol. The molecule has 1 aliphatic heterocycles. The summed E-state index contributed by atoms with van der Waals surface area (Å²) in [5.74, 6) is 0. The normalized spacial score (nSPS) is 31.0. The second-order valence-corrected chi connectivity index (χ2v) is 7.95. The van der Waals surface area contributed by atoms with Crippen LogP contribution in [0.25, 0.3) is 0 Å². The molecular weight excluding hydrogens is 294 g/mol. The van der Waals surface area contributed by atoms with Gasteiger partial charge in [0, 0.05) is 12.4 Å². The molecule has 0 bridgehead atoms. The minimum atomic E-state index is -4.16. The smallest absolute Gasteiger partial charge is 0.359 e. The van der Waals surface area contributed by atoms with E-state index in [-0.39, 0.29) is 24.9 Å². The van der Waals surface area contributed by atoms with Crippen molar-refractivity contribution in [2.45, 2.75) is 82.5 Å². The highest BCUT2D eigenvalue weighted by atomic mass is 31.2. The SMILES string of the molecule is BC1CC(O)C(CC(CC)OP(=O)(O)C(O)(CC)CC)O1. The van der Waals surface area contributed by atoms with Gasteiger partial charge in [-0.1, -0.05) is 20.8 Å². The van der Waals surface area contributed by atoms with Crippen molar-refractivity contribution in [3.05, 3.63) is 0 Å². The van der Waals surface area contributed by atoms with Gasteiger partial charge in [0.1, 0.15) is 7.85 Å². The fourth-order valence-electron chi connectivity index (χ4n) is 2.64. The number of rotatable bonds is 8. The van der Waals surface area contributed by atoms with E-state index >= 15 is 0 Å². The quantitative estimate of drug-likeness (QED) is 0.455. The van der Waals surface area contributed by atoms with E-state index in [4.69, 9.17) is 9.26 Å². The fraction of sp³-hybridized carbons (Fsp3) is 1.00. The monoisotopic (exact) mass is 322 g/mol. The van der Waals surface area contributed by atoms with Crippen molar-refractivity contribution in [3.63, 3.8) is 0 Å². The van der Waals surface area contributed by atoms with Gasteiger partial charge in [0.05, 0.1) is 18.3 Å². The molecule has 21 heavy (non-hydrogen) atoms. The Bertz CT molecular complexity index is 376. The van der Waals surface area contributed by atoms with Gasteiger partial charge >= 0.3 is 7.60 Å². The molecule has 124 valence electrons. The summed E-state index contributed by atoms with van der Waals surface area (Å²) in [4.78, 5) is 10.1. The topological polar surface area (TPSA) is 96.2 Å². The van der Waals surface area contributed by atoms with Crippen LogP contribution in [0.15, 0.2) is 0 Å². The average Bonchev–Trinajstić information content (AvgIpc) is 2.74. The predicted molar refractivity (Wildman–Crippen MR) is 83.0 cm³/mol. The molecule has 1 fully saturated rings. The van der Waals surface area contributed by atoms with Gasteiger partial charge in [0.15, 0.2) is 5.34 Å². The molecule has 0 aliphatic carbocycles. The third-order valence-corrected chi connectivity index (χ3v) is 6.58. The number of ether oxygens (including phenoxy) is 1. The minimum absolute atomic E-state index is 0.0216. The van der Waals surface area contributed by atoms with Crippen molar-refractivity contribution in [1.29, 1.82) is 0 Å². The maximum Gasteiger partial charge on any atom is 0.359 e. The highest BCUT2D eigenvalue weighted by Crippen LogP contribution is 2.58. The van der Waals surface area contributed by atoms with Crippen molar-refractivity contribution in [2.75, 3.05) is 0 Å². The molecule has 0 amide bonds. The summed E-state index contributed by atoms with van der Waals surface area (Å²) in [6, 6.07) is -0.0216. The lowest BCUT2D eigenvalue weighted by molar-refractivity contribution is -0.00744. The summed E-state index contributed by atoms with van der Waals surface area (Å²) in [5, 5.41) is 18.4. The molecule has 5 unspecified atom stereocenters. The number of hydrogen-bond donors (Lipinski definition) is 3. The molecule has 8 heteroatoms. The molecule has 1 heterocycles. The van der Waals surface area contributed by atoms with Crippen LogP contribution >= 0.6 is 7.60 Å². The second-order valence-electron chi connectivity index (χ2n) is 5.87. The van der Waals surface area contributed by atoms with E-state index < -0.39 is 25.1 Å². The minimum Gasteiger partial charge on any atom is -0.390 e. The Morgan fingerprint density at radius 3 is 2.38 bits per heavy atom. The van der Waals surface area contributed by atoms with E-state index in [1.807, 2.05) is 14.8 Å². The van der Waals surface area contributed by atoms with Crippen LogP contribution in [0.3, 0.4) is 0 Å². The van der Waals surface area contributed by atoms with Gasteiger partial charge in [-0.25, -0.2) is 0 Å². The maximum absolute atomic E-state index is 12.4. The second kappa shape index (κ2) is 7.58. The van der Waals surface area contributed by atoms with Crippen LogP contribution in [0.5, 0.6) is 0 Å². The number of hydrogen-bond acceptors (Lipinski definition) is 5. The zero-order valence-electron chi connectivity index (χ0n) is 13.4. The summed E-state index contributed by atoms with van der Waals surface area (Å²) >= 11 is 0. The molecule has 6 nitrogen and oxygen atoms in total. The van der Waals surface area contributed by atoms with Crippen molar-refractivity contribution >= 4 is 15.4 Å². The Morgan fingerprint density at radius 1 is 1.43 bits per heavy atom.